The maximum Gasteiger partial charge on any atom is 0.0758 e. The van der Waals surface area contributed by atoms with Gasteiger partial charge in [0.1, 0.15) is 0 Å². The number of thioether (sulfide) groups is 3. The number of hydrogen-bond donors (Lipinski definition) is 0. The van der Waals surface area contributed by atoms with E-state index in [0.717, 1.165) is 27.0 Å². The van der Waals surface area contributed by atoms with Gasteiger partial charge in [0.2, 0.25) is 0 Å². The molecule has 1 fully saturated rings. The lowest BCUT2D eigenvalue weighted by Crippen LogP contribution is -2.12. The Morgan fingerprint density at radius 2 is 1.41 bits per heavy atom. The molecule has 1 aliphatic carbocycles. The first-order valence-electron chi connectivity index (χ1n) is 11.7. The van der Waals surface area contributed by atoms with Crippen LogP contribution in [0.4, 0.5) is 5.69 Å². The summed E-state index contributed by atoms with van der Waals surface area (Å²) in [6.45, 7) is 0. The van der Waals surface area contributed by atoms with Crippen LogP contribution in [-0.2, 0) is 0 Å². The van der Waals surface area contributed by atoms with Gasteiger partial charge in [-0.2, -0.15) is 0 Å². The Bertz CT molecular complexity index is 1020. The summed E-state index contributed by atoms with van der Waals surface area (Å²) in [6, 6.07) is 27.7. The number of halogens is 2. The van der Waals surface area contributed by atoms with E-state index in [2.05, 4.69) is 111 Å². The second-order valence-electron chi connectivity index (χ2n) is 8.44. The minimum atomic E-state index is 0.324. The molecule has 1 saturated carbocycles. The van der Waals surface area contributed by atoms with E-state index < -0.39 is 0 Å². The van der Waals surface area contributed by atoms with Crippen molar-refractivity contribution in [3.63, 3.8) is 0 Å². The van der Waals surface area contributed by atoms with Crippen LogP contribution in [0.5, 0.6) is 0 Å². The Hall–Kier alpha value is -0.660. The third-order valence-electron chi connectivity index (χ3n) is 5.69. The highest BCUT2D eigenvalue weighted by atomic mass is 79.9. The summed E-state index contributed by atoms with van der Waals surface area (Å²) in [4.78, 5) is 7.69. The Kier molecular flexibility index (Phi) is 11.0. The molecule has 0 aliphatic heterocycles. The molecule has 3 aromatic rings. The third kappa shape index (κ3) is 9.09. The van der Waals surface area contributed by atoms with Gasteiger partial charge in [-0.25, -0.2) is 4.99 Å². The van der Waals surface area contributed by atoms with E-state index in [-0.39, 0.29) is 0 Å². The van der Waals surface area contributed by atoms with Gasteiger partial charge in [0.05, 0.1) is 15.3 Å². The standard InChI is InChI=1S/C28H29Br2NS3/c29-22-11-7-15-25(17-22)33-28(34-26-16-8-12-23(30)18-26)19-27(31-24-13-5-2-6-14-24)32-20-21-9-3-1-4-10-21/h2,5-8,11-18,21,28H,1,3-4,9-10,19-20H2. The van der Waals surface area contributed by atoms with Gasteiger partial charge in [0.25, 0.3) is 0 Å². The largest absolute Gasteiger partial charge is 0.247 e. The van der Waals surface area contributed by atoms with Crippen LogP contribution in [-0.4, -0.2) is 15.4 Å². The van der Waals surface area contributed by atoms with Crippen molar-refractivity contribution < 1.29 is 0 Å². The topological polar surface area (TPSA) is 12.4 Å². The number of para-hydroxylation sites is 1. The lowest BCUT2D eigenvalue weighted by molar-refractivity contribution is 0.391. The van der Waals surface area contributed by atoms with Gasteiger partial charge in [0, 0.05) is 30.9 Å². The molecule has 0 amide bonds. The zero-order valence-electron chi connectivity index (χ0n) is 19.0. The quantitative estimate of drug-likeness (QED) is 0.100. The zero-order valence-corrected chi connectivity index (χ0v) is 24.7. The van der Waals surface area contributed by atoms with Crippen molar-refractivity contribution in [2.45, 2.75) is 52.9 Å². The lowest BCUT2D eigenvalue weighted by Gasteiger charge is -2.22. The fourth-order valence-electron chi connectivity index (χ4n) is 3.99. The number of nitrogens with zero attached hydrogens (tertiary/aromatic N) is 1. The molecule has 0 aromatic heterocycles. The van der Waals surface area contributed by atoms with Gasteiger partial charge >= 0.3 is 0 Å². The Balaban J connectivity index is 1.55. The van der Waals surface area contributed by atoms with Crippen LogP contribution in [0.25, 0.3) is 0 Å². The van der Waals surface area contributed by atoms with E-state index in [1.54, 1.807) is 0 Å². The van der Waals surface area contributed by atoms with E-state index in [9.17, 15) is 0 Å². The highest BCUT2D eigenvalue weighted by molar-refractivity contribution is 9.10. The van der Waals surface area contributed by atoms with E-state index in [1.807, 2.05) is 35.3 Å². The predicted molar refractivity (Wildman–Crippen MR) is 161 cm³/mol. The van der Waals surface area contributed by atoms with Crippen molar-refractivity contribution in [1.82, 2.24) is 0 Å². The molecular formula is C28H29Br2NS3. The number of aliphatic imine (C=N–C) groups is 1. The molecule has 1 aliphatic rings. The van der Waals surface area contributed by atoms with Crippen LogP contribution in [0.1, 0.15) is 38.5 Å². The van der Waals surface area contributed by atoms with Crippen molar-refractivity contribution >= 4 is 77.9 Å². The fraction of sp³-hybridized carbons (Fsp3) is 0.321. The van der Waals surface area contributed by atoms with Gasteiger partial charge in [-0.05, 0) is 67.3 Å². The van der Waals surface area contributed by atoms with Crippen LogP contribution in [0.2, 0.25) is 0 Å². The minimum Gasteiger partial charge on any atom is -0.247 e. The highest BCUT2D eigenvalue weighted by Crippen LogP contribution is 2.41. The normalized spacial score (nSPS) is 15.1. The molecule has 6 heteroatoms. The van der Waals surface area contributed by atoms with Crippen LogP contribution < -0.4 is 0 Å². The number of benzene rings is 3. The van der Waals surface area contributed by atoms with E-state index in [1.165, 1.54) is 52.7 Å². The predicted octanol–water partition coefficient (Wildman–Crippen LogP) is 10.9. The summed E-state index contributed by atoms with van der Waals surface area (Å²) in [7, 11) is 0. The second kappa shape index (κ2) is 14.2. The summed E-state index contributed by atoms with van der Waals surface area (Å²) < 4.78 is 2.56. The molecule has 34 heavy (non-hydrogen) atoms. The summed E-state index contributed by atoms with van der Waals surface area (Å²) in [5.74, 6) is 2.01. The first kappa shape index (κ1) is 26.4. The van der Waals surface area contributed by atoms with Gasteiger partial charge in [-0.1, -0.05) is 81.5 Å². The molecule has 0 unspecified atom stereocenters. The Morgan fingerprint density at radius 3 is 2.00 bits per heavy atom. The highest BCUT2D eigenvalue weighted by Gasteiger charge is 2.20. The second-order valence-corrected chi connectivity index (χ2v) is 14.2. The van der Waals surface area contributed by atoms with Crippen LogP contribution >= 0.6 is 67.1 Å². The van der Waals surface area contributed by atoms with Gasteiger partial charge < -0.3 is 0 Å². The smallest absolute Gasteiger partial charge is 0.0758 e. The zero-order chi connectivity index (χ0) is 23.6. The molecule has 0 N–H and O–H groups in total. The summed E-state index contributed by atoms with van der Waals surface area (Å²) >= 11 is 13.1. The van der Waals surface area contributed by atoms with Crippen LogP contribution in [0, 0.1) is 5.92 Å². The van der Waals surface area contributed by atoms with Gasteiger partial charge in [-0.3, -0.25) is 0 Å². The van der Waals surface area contributed by atoms with Gasteiger partial charge in [0.15, 0.2) is 0 Å². The molecule has 178 valence electrons. The summed E-state index contributed by atoms with van der Waals surface area (Å²) in [5, 5.41) is 1.24. The van der Waals surface area contributed by atoms with Crippen LogP contribution in [0.15, 0.2) is 103 Å². The summed E-state index contributed by atoms with van der Waals surface area (Å²) in [6.07, 6.45) is 7.84. The molecule has 0 saturated heterocycles. The fourth-order valence-corrected chi connectivity index (χ4v) is 9.17. The number of hydrogen-bond acceptors (Lipinski definition) is 4. The first-order valence-corrected chi connectivity index (χ1v) is 16.1. The van der Waals surface area contributed by atoms with Crippen molar-refractivity contribution in [3.05, 3.63) is 87.8 Å². The monoisotopic (exact) mass is 633 g/mol. The van der Waals surface area contributed by atoms with Gasteiger partial charge in [-0.15, -0.1) is 35.3 Å². The SMILES string of the molecule is Brc1cccc(SC(CC(=Nc2ccccc2)SCC2CCCCC2)Sc2cccc(Br)c2)c1. The third-order valence-corrected chi connectivity index (χ3v) is 10.4. The number of rotatable bonds is 9. The molecule has 0 bridgehead atoms. The van der Waals surface area contributed by atoms with Crippen molar-refractivity contribution in [2.75, 3.05) is 5.75 Å². The molecular weight excluding hydrogens is 606 g/mol. The minimum absolute atomic E-state index is 0.324. The molecule has 0 atom stereocenters. The molecule has 0 radical (unpaired) electrons. The Labute approximate surface area is 233 Å². The van der Waals surface area contributed by atoms with Crippen molar-refractivity contribution in [3.8, 4) is 0 Å². The summed E-state index contributed by atoms with van der Waals surface area (Å²) in [5.41, 5.74) is 1.05. The maximum absolute atomic E-state index is 5.14. The van der Waals surface area contributed by atoms with E-state index >= 15 is 0 Å². The van der Waals surface area contributed by atoms with Crippen molar-refractivity contribution in [2.24, 2.45) is 10.9 Å². The van der Waals surface area contributed by atoms with Crippen LogP contribution in [0.3, 0.4) is 0 Å². The molecule has 4 rings (SSSR count). The van der Waals surface area contributed by atoms with E-state index in [4.69, 9.17) is 4.99 Å². The average Bonchev–Trinajstić information content (AvgIpc) is 2.84. The van der Waals surface area contributed by atoms with Crippen molar-refractivity contribution in [1.29, 1.82) is 0 Å². The molecule has 1 nitrogen and oxygen atoms in total. The molecule has 3 aromatic carbocycles. The van der Waals surface area contributed by atoms with E-state index in [0.29, 0.717) is 4.58 Å². The first-order chi connectivity index (χ1) is 16.6. The lowest BCUT2D eigenvalue weighted by atomic mass is 9.91. The molecule has 0 heterocycles. The Morgan fingerprint density at radius 1 is 0.794 bits per heavy atom. The maximum atomic E-state index is 5.14. The average molecular weight is 636 g/mol. The molecule has 0 spiro atoms.